The summed E-state index contributed by atoms with van der Waals surface area (Å²) in [5, 5.41) is 5.50. The van der Waals surface area contributed by atoms with Gasteiger partial charge in [-0.25, -0.2) is 0 Å². The number of rotatable bonds is 8. The lowest BCUT2D eigenvalue weighted by molar-refractivity contribution is -0.118. The number of anilines is 1. The Balaban J connectivity index is 1.59. The van der Waals surface area contributed by atoms with Crippen LogP contribution in [0.4, 0.5) is 5.69 Å². The van der Waals surface area contributed by atoms with E-state index in [9.17, 15) is 9.59 Å². The third-order valence-electron chi connectivity index (χ3n) is 4.21. The molecule has 0 aliphatic rings. The number of benzene rings is 2. The molecular weight excluding hydrogens is 436 g/mol. The number of furan rings is 1. The van der Waals surface area contributed by atoms with E-state index in [1.807, 2.05) is 18.2 Å². The second-order valence-electron chi connectivity index (χ2n) is 6.26. The molecule has 6 nitrogen and oxygen atoms in total. The molecule has 0 unspecified atom stereocenters. The van der Waals surface area contributed by atoms with Crippen molar-refractivity contribution in [1.82, 2.24) is 5.32 Å². The van der Waals surface area contributed by atoms with Gasteiger partial charge in [-0.1, -0.05) is 25.1 Å². The van der Waals surface area contributed by atoms with Gasteiger partial charge in [0.2, 0.25) is 0 Å². The Hall–Kier alpha value is -3.06. The zero-order chi connectivity index (χ0) is 20.6. The summed E-state index contributed by atoms with van der Waals surface area (Å²) in [4.78, 5) is 24.8. The molecular formula is C22H21BrN2O4. The number of para-hydroxylation sites is 1. The molecule has 1 heterocycles. The fourth-order valence-corrected chi connectivity index (χ4v) is 3.22. The third kappa shape index (κ3) is 5.71. The number of hydrogen-bond acceptors (Lipinski definition) is 4. The number of amides is 2. The highest BCUT2D eigenvalue weighted by Crippen LogP contribution is 2.26. The predicted molar refractivity (Wildman–Crippen MR) is 114 cm³/mol. The maximum atomic E-state index is 12.5. The number of carbonyl (C=O) groups is 2. The highest BCUT2D eigenvalue weighted by atomic mass is 79.9. The van der Waals surface area contributed by atoms with Crippen LogP contribution in [0.15, 0.2) is 69.8 Å². The quantitative estimate of drug-likeness (QED) is 0.520. The SMILES string of the molecule is CCc1ccc(OCC(=O)Nc2ccccc2C(=O)NCc2ccco2)c(Br)c1. The maximum absolute atomic E-state index is 12.5. The molecule has 2 amide bonds. The van der Waals surface area contributed by atoms with Crippen LogP contribution >= 0.6 is 15.9 Å². The van der Waals surface area contributed by atoms with Gasteiger partial charge in [-0.15, -0.1) is 0 Å². The first-order valence-corrected chi connectivity index (χ1v) is 9.96. The van der Waals surface area contributed by atoms with Crippen LogP contribution in [0.25, 0.3) is 0 Å². The van der Waals surface area contributed by atoms with Gasteiger partial charge in [0.25, 0.3) is 11.8 Å². The van der Waals surface area contributed by atoms with Gasteiger partial charge in [-0.2, -0.15) is 0 Å². The average Bonchev–Trinajstić information content (AvgIpc) is 3.25. The molecule has 0 bridgehead atoms. The number of aryl methyl sites for hydroxylation is 1. The second kappa shape index (κ2) is 9.93. The normalized spacial score (nSPS) is 10.4. The van der Waals surface area contributed by atoms with Gasteiger partial charge in [-0.05, 0) is 64.3 Å². The number of ether oxygens (including phenoxy) is 1. The molecule has 150 valence electrons. The summed E-state index contributed by atoms with van der Waals surface area (Å²) in [6.07, 6.45) is 2.46. The van der Waals surface area contributed by atoms with Gasteiger partial charge in [0.05, 0.1) is 28.5 Å². The van der Waals surface area contributed by atoms with Crippen molar-refractivity contribution in [3.8, 4) is 5.75 Å². The van der Waals surface area contributed by atoms with E-state index in [0.29, 0.717) is 22.8 Å². The molecule has 3 aromatic rings. The second-order valence-corrected chi connectivity index (χ2v) is 7.12. The molecule has 0 saturated heterocycles. The van der Waals surface area contributed by atoms with Crippen molar-refractivity contribution in [3.05, 3.63) is 82.2 Å². The van der Waals surface area contributed by atoms with Crippen molar-refractivity contribution in [2.24, 2.45) is 0 Å². The number of carbonyl (C=O) groups excluding carboxylic acids is 2. The number of halogens is 1. The first-order valence-electron chi connectivity index (χ1n) is 9.17. The fraction of sp³-hybridized carbons (Fsp3) is 0.182. The van der Waals surface area contributed by atoms with E-state index in [0.717, 1.165) is 10.9 Å². The van der Waals surface area contributed by atoms with Crippen LogP contribution in [-0.4, -0.2) is 18.4 Å². The topological polar surface area (TPSA) is 80.6 Å². The largest absolute Gasteiger partial charge is 0.483 e. The van der Waals surface area contributed by atoms with Crippen LogP contribution < -0.4 is 15.4 Å². The molecule has 0 aliphatic heterocycles. The standard InChI is InChI=1S/C22H21BrN2O4/c1-2-15-9-10-20(18(23)12-15)29-14-21(26)25-19-8-4-3-7-17(19)22(27)24-13-16-6-5-11-28-16/h3-12H,2,13-14H2,1H3,(H,24,27)(H,25,26). The van der Waals surface area contributed by atoms with E-state index in [4.69, 9.17) is 9.15 Å². The fourth-order valence-electron chi connectivity index (χ4n) is 2.68. The van der Waals surface area contributed by atoms with Crippen LogP contribution in [0.5, 0.6) is 5.75 Å². The molecule has 2 N–H and O–H groups in total. The first kappa shape index (κ1) is 20.7. The van der Waals surface area contributed by atoms with E-state index < -0.39 is 0 Å². The Bertz CT molecular complexity index is 986. The molecule has 2 aromatic carbocycles. The lowest BCUT2D eigenvalue weighted by Crippen LogP contribution is -2.26. The maximum Gasteiger partial charge on any atom is 0.262 e. The van der Waals surface area contributed by atoms with Gasteiger partial charge in [0.15, 0.2) is 6.61 Å². The number of nitrogens with one attached hydrogen (secondary N) is 2. The summed E-state index contributed by atoms with van der Waals surface area (Å²) in [5.74, 6) is 0.564. The van der Waals surface area contributed by atoms with Crippen molar-refractivity contribution in [2.75, 3.05) is 11.9 Å². The smallest absolute Gasteiger partial charge is 0.262 e. The molecule has 29 heavy (non-hydrogen) atoms. The van der Waals surface area contributed by atoms with Crippen molar-refractivity contribution >= 4 is 33.4 Å². The predicted octanol–water partition coefficient (Wildman–Crippen LogP) is 4.55. The summed E-state index contributed by atoms with van der Waals surface area (Å²) >= 11 is 3.45. The average molecular weight is 457 g/mol. The number of hydrogen-bond donors (Lipinski definition) is 2. The molecule has 0 aliphatic carbocycles. The van der Waals surface area contributed by atoms with E-state index in [1.165, 1.54) is 5.56 Å². The molecule has 3 rings (SSSR count). The van der Waals surface area contributed by atoms with Gasteiger partial charge in [-0.3, -0.25) is 9.59 Å². The monoisotopic (exact) mass is 456 g/mol. The Kier molecular flexibility index (Phi) is 7.08. The Morgan fingerprint density at radius 2 is 1.93 bits per heavy atom. The van der Waals surface area contributed by atoms with Crippen molar-refractivity contribution < 1.29 is 18.7 Å². The molecule has 0 fully saturated rings. The van der Waals surface area contributed by atoms with E-state index >= 15 is 0 Å². The Morgan fingerprint density at radius 1 is 1.10 bits per heavy atom. The molecule has 0 radical (unpaired) electrons. The minimum absolute atomic E-state index is 0.174. The van der Waals surface area contributed by atoms with Crippen LogP contribution in [0, 0.1) is 0 Å². The lowest BCUT2D eigenvalue weighted by Gasteiger charge is -2.12. The molecule has 7 heteroatoms. The van der Waals surface area contributed by atoms with E-state index in [1.54, 1.807) is 42.7 Å². The van der Waals surface area contributed by atoms with E-state index in [2.05, 4.69) is 33.5 Å². The Morgan fingerprint density at radius 3 is 2.66 bits per heavy atom. The lowest BCUT2D eigenvalue weighted by atomic mass is 10.1. The highest BCUT2D eigenvalue weighted by Gasteiger charge is 2.14. The van der Waals surface area contributed by atoms with Crippen LogP contribution in [0.3, 0.4) is 0 Å². The summed E-state index contributed by atoms with van der Waals surface area (Å²) < 4.78 is 11.6. The minimum Gasteiger partial charge on any atom is -0.483 e. The Labute approximate surface area is 177 Å². The van der Waals surface area contributed by atoms with Gasteiger partial charge < -0.3 is 19.8 Å². The van der Waals surface area contributed by atoms with Crippen LogP contribution in [0.1, 0.15) is 28.6 Å². The summed E-state index contributed by atoms with van der Waals surface area (Å²) in [6.45, 7) is 2.16. The summed E-state index contributed by atoms with van der Waals surface area (Å²) in [6, 6.07) is 16.1. The van der Waals surface area contributed by atoms with Crippen molar-refractivity contribution in [2.45, 2.75) is 19.9 Å². The van der Waals surface area contributed by atoms with Crippen molar-refractivity contribution in [3.63, 3.8) is 0 Å². The summed E-state index contributed by atoms with van der Waals surface area (Å²) in [5.41, 5.74) is 1.95. The molecule has 1 aromatic heterocycles. The minimum atomic E-state index is -0.359. The zero-order valence-corrected chi connectivity index (χ0v) is 17.5. The van der Waals surface area contributed by atoms with Crippen molar-refractivity contribution in [1.29, 1.82) is 0 Å². The first-order chi connectivity index (χ1) is 14.1. The molecule has 0 saturated carbocycles. The van der Waals surface area contributed by atoms with Crippen LogP contribution in [0.2, 0.25) is 0 Å². The zero-order valence-electron chi connectivity index (χ0n) is 15.9. The highest BCUT2D eigenvalue weighted by molar-refractivity contribution is 9.10. The molecule has 0 atom stereocenters. The molecule has 0 spiro atoms. The van der Waals surface area contributed by atoms with Crippen LogP contribution in [-0.2, 0) is 17.8 Å². The third-order valence-corrected chi connectivity index (χ3v) is 4.83. The summed E-state index contributed by atoms with van der Waals surface area (Å²) in [7, 11) is 0. The van der Waals surface area contributed by atoms with Gasteiger partial charge in [0, 0.05) is 0 Å². The van der Waals surface area contributed by atoms with Gasteiger partial charge >= 0.3 is 0 Å². The van der Waals surface area contributed by atoms with E-state index in [-0.39, 0.29) is 25.0 Å². The van der Waals surface area contributed by atoms with Gasteiger partial charge in [0.1, 0.15) is 11.5 Å².